The Balaban J connectivity index is 1.92. The molecule has 4 rings (SSSR count). The predicted molar refractivity (Wildman–Crippen MR) is 285 cm³/mol. The van der Waals surface area contributed by atoms with Gasteiger partial charge in [-0.05, 0) is 132 Å². The Bertz CT molecular complexity index is 1990. The number of carbonyl (C=O) groups is 4. The van der Waals surface area contributed by atoms with Gasteiger partial charge in [-0.2, -0.15) is 0 Å². The Morgan fingerprint density at radius 1 is 0.845 bits per heavy atom. The number of fused-ring (bicyclic) bond motifs is 3. The second-order valence-electron chi connectivity index (χ2n) is 24.9. The highest BCUT2D eigenvalue weighted by Gasteiger charge is 2.57. The number of rotatable bonds is 11. The molecule has 15 heteroatoms. The van der Waals surface area contributed by atoms with Gasteiger partial charge in [-0.15, -0.1) is 6.53 Å². The number of Topliss-reactive ketones (excluding diaryl/α,β-unsaturated/α-hetero) is 2. The van der Waals surface area contributed by atoms with Gasteiger partial charge >= 0.3 is 5.97 Å². The van der Waals surface area contributed by atoms with Crippen molar-refractivity contribution in [2.75, 3.05) is 27.9 Å². The third-order valence-electron chi connectivity index (χ3n) is 17.3. The van der Waals surface area contributed by atoms with Crippen molar-refractivity contribution in [1.29, 1.82) is 0 Å². The van der Waals surface area contributed by atoms with Gasteiger partial charge in [0.1, 0.15) is 24.0 Å². The third-order valence-corrected chi connectivity index (χ3v) is 26.3. The van der Waals surface area contributed by atoms with Crippen LogP contribution in [0.2, 0.25) is 36.3 Å². The van der Waals surface area contributed by atoms with Crippen LogP contribution in [0.3, 0.4) is 0 Å². The summed E-state index contributed by atoms with van der Waals surface area (Å²) in [7, 11) is 0.0541. The van der Waals surface area contributed by atoms with Crippen LogP contribution in [0, 0.1) is 29.6 Å². The van der Waals surface area contributed by atoms with E-state index in [1.54, 1.807) is 14.0 Å². The Morgan fingerprint density at radius 2 is 1.44 bits per heavy atom. The minimum Gasteiger partial charge on any atom is -0.456 e. The molecular formula is C56H97NO12Si2. The normalized spacial score (nSPS) is 35.9. The van der Waals surface area contributed by atoms with Crippen molar-refractivity contribution in [3.8, 4) is 0 Å². The molecule has 1 N–H and O–H groups in total. The van der Waals surface area contributed by atoms with Crippen molar-refractivity contribution < 1.29 is 59.6 Å². The summed E-state index contributed by atoms with van der Waals surface area (Å²) in [6.45, 7) is 31.2. The molecule has 406 valence electrons. The van der Waals surface area contributed by atoms with E-state index in [1.807, 2.05) is 33.8 Å². The number of methoxy groups -OCH3 is 3. The summed E-state index contributed by atoms with van der Waals surface area (Å²) in [5.74, 6) is -7.64. The Morgan fingerprint density at radius 3 is 2.01 bits per heavy atom. The smallest absolute Gasteiger partial charge is 0.329 e. The van der Waals surface area contributed by atoms with Gasteiger partial charge < -0.3 is 42.5 Å². The number of hydrogen-bond acceptors (Lipinski definition) is 12. The minimum atomic E-state index is -2.63. The molecule has 0 aromatic heterocycles. The van der Waals surface area contributed by atoms with E-state index in [0.29, 0.717) is 32.1 Å². The molecule has 2 bridgehead atoms. The zero-order valence-electron chi connectivity index (χ0n) is 49.1. The lowest BCUT2D eigenvalue weighted by molar-refractivity contribution is -0.302. The maximum atomic E-state index is 15.1. The lowest BCUT2D eigenvalue weighted by Gasteiger charge is -2.47. The molecule has 3 heterocycles. The Kier molecular flexibility index (Phi) is 20.4. The number of piperidine rings is 1. The summed E-state index contributed by atoms with van der Waals surface area (Å²) < 4.78 is 61.3. The monoisotopic (exact) mass is 1030 g/mol. The van der Waals surface area contributed by atoms with E-state index in [1.165, 1.54) is 25.2 Å². The lowest BCUT2D eigenvalue weighted by Crippen LogP contribution is -2.64. The first-order valence-corrected chi connectivity index (χ1v) is 32.4. The quantitative estimate of drug-likeness (QED) is 0.0688. The van der Waals surface area contributed by atoms with Gasteiger partial charge in [0.05, 0.1) is 33.3 Å². The second kappa shape index (κ2) is 25.0. The summed E-state index contributed by atoms with van der Waals surface area (Å²) >= 11 is 0. The largest absolute Gasteiger partial charge is 0.456 e. The first kappa shape index (κ1) is 57.9. The van der Waals surface area contributed by atoms with Gasteiger partial charge in [-0.3, -0.25) is 14.4 Å². The number of allylic oxidation sites excluding steroid dienone is 4. The van der Waals surface area contributed by atoms with Crippen LogP contribution in [-0.4, -0.2) is 133 Å². The minimum absolute atomic E-state index is 0.0255. The molecule has 71 heavy (non-hydrogen) atoms. The van der Waals surface area contributed by atoms with E-state index in [4.69, 9.17) is 35.3 Å². The number of ether oxygens (including phenoxy) is 5. The fourth-order valence-electron chi connectivity index (χ4n) is 10.7. The van der Waals surface area contributed by atoms with Crippen LogP contribution >= 0.6 is 0 Å². The summed E-state index contributed by atoms with van der Waals surface area (Å²) in [4.78, 5) is 60.6. The van der Waals surface area contributed by atoms with Crippen molar-refractivity contribution in [2.24, 2.45) is 29.6 Å². The van der Waals surface area contributed by atoms with Crippen molar-refractivity contribution in [1.82, 2.24) is 4.90 Å². The van der Waals surface area contributed by atoms with Crippen molar-refractivity contribution in [3.63, 3.8) is 0 Å². The first-order valence-electron chi connectivity index (χ1n) is 27.6. The number of cyclic esters (lactones) is 1. The standard InChI is InChI=1S/C56H97NO12Si2/c1-20-23-41-29-35(2)28-36(3)30-47(64-14)50-48(65-15)32-38(5)56(62,67-50)51(59)52(60)57-27-22-21-24-42(57)53(61)66-49(39(6)45(34-43(41)58)69-71(18,19)55(10,11)12)37(4)31-40-25-26-44(46(33-40)63-13)68-70(16,17)54(7,8)9/h20,29,31,36,38-42,44-50,62H,1,21-28,30,32-34H2,2-19H3/b35-29?,37-31+/t36-,38+,39+,40-,41+,42-,44+,45-,46+,47-,48-,49+,50+,56+/m0/s1/i1+1D2. The molecule has 1 amide bonds. The molecule has 4 aliphatic rings. The van der Waals surface area contributed by atoms with Crippen LogP contribution < -0.4 is 0 Å². The van der Waals surface area contributed by atoms with E-state index in [-0.39, 0.29) is 78.7 Å². The number of hydrogen-bond donors (Lipinski definition) is 1. The number of esters is 1. The zero-order chi connectivity index (χ0) is 55.2. The summed E-state index contributed by atoms with van der Waals surface area (Å²) in [6, 6.07) is -1.14. The van der Waals surface area contributed by atoms with Crippen molar-refractivity contribution in [2.45, 2.75) is 238 Å². The van der Waals surface area contributed by atoms with Gasteiger partial charge in [0.2, 0.25) is 5.79 Å². The van der Waals surface area contributed by atoms with Crippen LogP contribution in [0.25, 0.3) is 0 Å². The molecule has 0 spiro atoms. The van der Waals surface area contributed by atoms with E-state index in [0.717, 1.165) is 24.0 Å². The van der Waals surface area contributed by atoms with Gasteiger partial charge in [-0.1, -0.05) is 86.1 Å². The average molecular weight is 1040 g/mol. The molecule has 0 radical (unpaired) electrons. The van der Waals surface area contributed by atoms with Crippen molar-refractivity contribution in [3.05, 3.63) is 35.9 Å². The molecule has 3 aliphatic heterocycles. The van der Waals surface area contributed by atoms with Gasteiger partial charge in [0.15, 0.2) is 16.6 Å². The van der Waals surface area contributed by atoms with Gasteiger partial charge in [0.25, 0.3) is 11.7 Å². The maximum absolute atomic E-state index is 15.1. The molecule has 14 atom stereocenters. The molecule has 3 fully saturated rings. The SMILES string of the molecule is [2H][13C]([2H])=CC[C@@H]1C=C(C)C[C@H](C)C[C@H](OC)[C@H]2O[C@@](O)(C(=O)C(=O)N3CCCC[C@H]3C(=O)O[C@H](/C(C)=C/[C@@H]3CC[C@@H](O[Si](C)(C)C(C)(C)C)[C@H](OC)C3)[C@H](C)[C@@H](O[Si](C)(C)C(C)(C)C)CC1=O)[C@H](C)C[C@@H]2OC. The highest BCUT2D eigenvalue weighted by Crippen LogP contribution is 2.44. The maximum Gasteiger partial charge on any atom is 0.329 e. The fraction of sp³-hybridized carbons (Fsp3) is 0.821. The fourth-order valence-corrected chi connectivity index (χ4v) is 13.5. The second-order valence-corrected chi connectivity index (χ2v) is 34.4. The van der Waals surface area contributed by atoms with Crippen molar-refractivity contribution >= 4 is 40.1 Å². The average Bonchev–Trinajstić information content (AvgIpc) is 3.30. The van der Waals surface area contributed by atoms with E-state index in [2.05, 4.69) is 73.8 Å². The zero-order valence-corrected chi connectivity index (χ0v) is 49.1. The van der Waals surface area contributed by atoms with Gasteiger partial charge in [0, 0.05) is 52.0 Å². The Labute approximate surface area is 434 Å². The molecule has 1 saturated carbocycles. The summed E-state index contributed by atoms with van der Waals surface area (Å²) in [5.41, 5.74) is 1.69. The molecule has 0 aromatic rings. The number of carbonyl (C=O) groups excluding carboxylic acids is 4. The topological polar surface area (TPSA) is 156 Å². The van der Waals surface area contributed by atoms with Crippen LogP contribution in [-0.2, 0) is 51.7 Å². The third kappa shape index (κ3) is 15.0. The number of aliphatic hydroxyl groups is 1. The number of ketones is 2. The van der Waals surface area contributed by atoms with E-state index >= 15 is 9.59 Å². The Hall–Kier alpha value is -2.35. The molecule has 1 aliphatic carbocycles. The lowest BCUT2D eigenvalue weighted by atomic mass is 9.81. The van der Waals surface area contributed by atoms with Gasteiger partial charge in [-0.25, -0.2) is 4.79 Å². The predicted octanol–water partition coefficient (Wildman–Crippen LogP) is 10.7. The molecule has 0 unspecified atom stereocenters. The molecular weight excluding hydrogens is 936 g/mol. The molecule has 0 aromatic carbocycles. The van der Waals surface area contributed by atoms with E-state index < -0.39 is 94.4 Å². The highest BCUT2D eigenvalue weighted by molar-refractivity contribution is 6.74. The van der Waals surface area contributed by atoms with Crippen LogP contribution in [0.4, 0.5) is 0 Å². The first-order chi connectivity index (χ1) is 33.7. The van der Waals surface area contributed by atoms with Crippen LogP contribution in [0.1, 0.15) is 150 Å². The van der Waals surface area contributed by atoms with Crippen LogP contribution in [0.5, 0.6) is 0 Å². The summed E-state index contributed by atoms with van der Waals surface area (Å²) in [5, 5.41) is 12.1. The van der Waals surface area contributed by atoms with E-state index in [9.17, 15) is 14.7 Å². The van der Waals surface area contributed by atoms with Crippen LogP contribution in [0.15, 0.2) is 35.9 Å². The molecule has 13 nitrogen and oxygen atoms in total. The molecule has 2 saturated heterocycles. The summed E-state index contributed by atoms with van der Waals surface area (Å²) in [6.07, 6.45) is 6.46. The highest BCUT2D eigenvalue weighted by atomic mass is 28.4. The number of amides is 1. The number of nitrogens with zero attached hydrogens (tertiary/aromatic N) is 1.